The van der Waals surface area contributed by atoms with Crippen molar-refractivity contribution < 1.29 is 14.0 Å². The highest BCUT2D eigenvalue weighted by atomic mass is 19.1. The molecule has 1 N–H and O–H groups in total. The molecule has 2 aromatic carbocycles. The standard InChI is InChI=1S/C26H30FN3O2/c1-18-14-21-9-12-30(17-23(21)15-19(18)2)26(32)22-4-3-11-29(16-22)13-10-28-25(31)20-5-7-24(27)8-6-20/h4-8,14-15H,3,9-13,16-17H2,1-2H3,(H,28,31). The van der Waals surface area contributed by atoms with Gasteiger partial charge >= 0.3 is 0 Å². The molecule has 0 unspecified atom stereocenters. The topological polar surface area (TPSA) is 52.7 Å². The Balaban J connectivity index is 1.29. The fraction of sp³-hybridized carbons (Fsp3) is 0.385. The van der Waals surface area contributed by atoms with Crippen LogP contribution in [0, 0.1) is 19.7 Å². The molecule has 0 fully saturated rings. The highest BCUT2D eigenvalue weighted by Crippen LogP contribution is 2.24. The fourth-order valence-corrected chi connectivity index (χ4v) is 4.41. The van der Waals surface area contributed by atoms with E-state index in [1.807, 2.05) is 4.90 Å². The molecular weight excluding hydrogens is 405 g/mol. The summed E-state index contributed by atoms with van der Waals surface area (Å²) in [6, 6.07) is 9.99. The summed E-state index contributed by atoms with van der Waals surface area (Å²) >= 11 is 0. The first kappa shape index (κ1) is 22.2. The number of carbonyl (C=O) groups is 2. The second-order valence-corrected chi connectivity index (χ2v) is 8.74. The molecule has 0 radical (unpaired) electrons. The third-order valence-electron chi connectivity index (χ3n) is 6.44. The molecule has 32 heavy (non-hydrogen) atoms. The van der Waals surface area contributed by atoms with E-state index in [1.54, 1.807) is 0 Å². The number of hydrogen-bond donors (Lipinski definition) is 1. The van der Waals surface area contributed by atoms with E-state index >= 15 is 0 Å². The lowest BCUT2D eigenvalue weighted by atomic mass is 9.94. The van der Waals surface area contributed by atoms with Gasteiger partial charge in [0, 0.05) is 50.4 Å². The van der Waals surface area contributed by atoms with Crippen LogP contribution in [0.15, 0.2) is 48.0 Å². The van der Waals surface area contributed by atoms with Crippen molar-refractivity contribution in [3.05, 3.63) is 81.7 Å². The fourth-order valence-electron chi connectivity index (χ4n) is 4.41. The lowest BCUT2D eigenvalue weighted by Gasteiger charge is -2.33. The normalized spacial score (nSPS) is 16.3. The first-order valence-electron chi connectivity index (χ1n) is 11.2. The third kappa shape index (κ3) is 5.07. The molecule has 2 aliphatic heterocycles. The van der Waals surface area contributed by atoms with Crippen LogP contribution in [0.4, 0.5) is 4.39 Å². The van der Waals surface area contributed by atoms with Gasteiger partial charge in [0.25, 0.3) is 11.8 Å². The lowest BCUT2D eigenvalue weighted by Crippen LogP contribution is -2.43. The van der Waals surface area contributed by atoms with E-state index in [4.69, 9.17) is 0 Å². The van der Waals surface area contributed by atoms with Crippen LogP contribution in [0.1, 0.15) is 39.0 Å². The molecule has 0 aromatic heterocycles. The van der Waals surface area contributed by atoms with Crippen LogP contribution >= 0.6 is 0 Å². The molecule has 168 valence electrons. The van der Waals surface area contributed by atoms with Gasteiger partial charge in [-0.25, -0.2) is 4.39 Å². The van der Waals surface area contributed by atoms with Crippen LogP contribution < -0.4 is 5.32 Å². The molecule has 6 heteroatoms. The number of nitrogens with one attached hydrogen (secondary N) is 1. The molecule has 0 atom stereocenters. The number of rotatable bonds is 5. The minimum Gasteiger partial charge on any atom is -0.351 e. The van der Waals surface area contributed by atoms with Crippen LogP contribution in [0.3, 0.4) is 0 Å². The van der Waals surface area contributed by atoms with Crippen molar-refractivity contribution >= 4 is 11.8 Å². The van der Waals surface area contributed by atoms with E-state index in [0.717, 1.165) is 31.5 Å². The zero-order chi connectivity index (χ0) is 22.7. The average molecular weight is 436 g/mol. The van der Waals surface area contributed by atoms with Gasteiger partial charge in [0.05, 0.1) is 0 Å². The molecule has 0 aliphatic carbocycles. The Morgan fingerprint density at radius 3 is 2.47 bits per heavy atom. The highest BCUT2D eigenvalue weighted by Gasteiger charge is 2.26. The van der Waals surface area contributed by atoms with E-state index in [9.17, 15) is 14.0 Å². The molecule has 2 aliphatic rings. The Kier molecular flexibility index (Phi) is 6.70. The largest absolute Gasteiger partial charge is 0.351 e. The summed E-state index contributed by atoms with van der Waals surface area (Å²) < 4.78 is 13.0. The third-order valence-corrected chi connectivity index (χ3v) is 6.44. The Morgan fingerprint density at radius 1 is 1.00 bits per heavy atom. The van der Waals surface area contributed by atoms with Crippen LogP contribution in [-0.4, -0.2) is 54.3 Å². The first-order valence-corrected chi connectivity index (χ1v) is 11.2. The van der Waals surface area contributed by atoms with Gasteiger partial charge in [-0.15, -0.1) is 0 Å². The van der Waals surface area contributed by atoms with Crippen molar-refractivity contribution in [1.82, 2.24) is 15.1 Å². The van der Waals surface area contributed by atoms with Gasteiger partial charge in [-0.05, 0) is 73.2 Å². The maximum atomic E-state index is 13.2. The zero-order valence-corrected chi connectivity index (χ0v) is 18.8. The van der Waals surface area contributed by atoms with Crippen molar-refractivity contribution in [1.29, 1.82) is 0 Å². The number of aryl methyl sites for hydroxylation is 2. The Labute approximate surface area is 188 Å². The van der Waals surface area contributed by atoms with Gasteiger partial charge in [0.15, 0.2) is 0 Å². The van der Waals surface area contributed by atoms with Crippen LogP contribution in [-0.2, 0) is 17.8 Å². The summed E-state index contributed by atoms with van der Waals surface area (Å²) in [5.41, 5.74) is 6.47. The molecule has 2 amide bonds. The van der Waals surface area contributed by atoms with Gasteiger partial charge in [-0.1, -0.05) is 18.2 Å². The van der Waals surface area contributed by atoms with Crippen molar-refractivity contribution in [2.75, 3.05) is 32.7 Å². The summed E-state index contributed by atoms with van der Waals surface area (Å²) in [5.74, 6) is -0.457. The minimum absolute atomic E-state index is 0.119. The molecule has 0 bridgehead atoms. The number of benzene rings is 2. The second kappa shape index (κ2) is 9.65. The maximum Gasteiger partial charge on any atom is 0.251 e. The molecule has 4 rings (SSSR count). The van der Waals surface area contributed by atoms with Crippen molar-refractivity contribution in [3.63, 3.8) is 0 Å². The van der Waals surface area contributed by atoms with E-state index in [2.05, 4.69) is 42.3 Å². The van der Waals surface area contributed by atoms with Gasteiger partial charge < -0.3 is 10.2 Å². The monoisotopic (exact) mass is 435 g/mol. The molecule has 0 saturated carbocycles. The molecule has 5 nitrogen and oxygen atoms in total. The van der Waals surface area contributed by atoms with E-state index in [0.29, 0.717) is 31.7 Å². The van der Waals surface area contributed by atoms with Crippen LogP contribution in [0.5, 0.6) is 0 Å². The summed E-state index contributed by atoms with van der Waals surface area (Å²) in [6.07, 6.45) is 3.79. The van der Waals surface area contributed by atoms with Gasteiger partial charge in [0.2, 0.25) is 0 Å². The summed E-state index contributed by atoms with van der Waals surface area (Å²) in [6.45, 7) is 8.28. The lowest BCUT2D eigenvalue weighted by molar-refractivity contribution is -0.128. The zero-order valence-electron chi connectivity index (χ0n) is 18.8. The molecule has 0 saturated heterocycles. The van der Waals surface area contributed by atoms with Gasteiger partial charge in [-0.2, -0.15) is 0 Å². The van der Waals surface area contributed by atoms with Gasteiger partial charge in [-0.3, -0.25) is 14.5 Å². The predicted molar refractivity (Wildman–Crippen MR) is 123 cm³/mol. The minimum atomic E-state index is -0.360. The predicted octanol–water partition coefficient (Wildman–Crippen LogP) is 3.39. The van der Waals surface area contributed by atoms with Crippen molar-refractivity contribution in [3.8, 4) is 0 Å². The number of fused-ring (bicyclic) bond motifs is 1. The van der Waals surface area contributed by atoms with Gasteiger partial charge in [0.1, 0.15) is 5.82 Å². The summed E-state index contributed by atoms with van der Waals surface area (Å²) in [5, 5.41) is 2.88. The first-order chi connectivity index (χ1) is 15.4. The molecule has 2 heterocycles. The number of hydrogen-bond acceptors (Lipinski definition) is 3. The highest BCUT2D eigenvalue weighted by molar-refractivity contribution is 5.94. The molecule has 2 aromatic rings. The molecular formula is C26H30FN3O2. The summed E-state index contributed by atoms with van der Waals surface area (Å²) in [4.78, 5) is 29.5. The van der Waals surface area contributed by atoms with Crippen LogP contribution in [0.25, 0.3) is 0 Å². The molecule has 0 spiro atoms. The number of nitrogens with zero attached hydrogens (tertiary/aromatic N) is 2. The quantitative estimate of drug-likeness (QED) is 0.783. The van der Waals surface area contributed by atoms with Crippen molar-refractivity contribution in [2.45, 2.75) is 33.2 Å². The maximum absolute atomic E-state index is 13.2. The summed E-state index contributed by atoms with van der Waals surface area (Å²) in [7, 11) is 0. The number of amides is 2. The Morgan fingerprint density at radius 2 is 1.72 bits per heavy atom. The number of halogens is 1. The SMILES string of the molecule is Cc1cc2c(cc1C)CN(C(=O)C1=CCCN(CCNC(=O)c3ccc(F)cc3)C1)CC2. The van der Waals surface area contributed by atoms with Crippen LogP contribution in [0.2, 0.25) is 0 Å². The van der Waals surface area contributed by atoms with E-state index < -0.39 is 0 Å². The van der Waals surface area contributed by atoms with E-state index in [1.165, 1.54) is 46.5 Å². The van der Waals surface area contributed by atoms with E-state index in [-0.39, 0.29) is 17.6 Å². The average Bonchev–Trinajstić information content (AvgIpc) is 2.79. The Bertz CT molecular complexity index is 1050. The van der Waals surface area contributed by atoms with Crippen molar-refractivity contribution in [2.24, 2.45) is 0 Å². The smallest absolute Gasteiger partial charge is 0.251 e. The second-order valence-electron chi connectivity index (χ2n) is 8.74. The Hall–Kier alpha value is -2.99. The number of carbonyl (C=O) groups excluding carboxylic acids is 2.